The monoisotopic (exact) mass is 270 g/mol. The van der Waals surface area contributed by atoms with Crippen molar-refractivity contribution in [2.75, 3.05) is 18.1 Å². The van der Waals surface area contributed by atoms with Crippen molar-refractivity contribution in [3.8, 4) is 6.07 Å². The normalized spacial score (nSPS) is 10.1. The Morgan fingerprint density at radius 2 is 1.90 bits per heavy atom. The van der Waals surface area contributed by atoms with Crippen molar-refractivity contribution in [1.82, 2.24) is 0 Å². The molecule has 0 aromatic heterocycles. The average Bonchev–Trinajstić information content (AvgIpc) is 2.49. The van der Waals surface area contributed by atoms with Gasteiger partial charge in [0.15, 0.2) is 0 Å². The fourth-order valence-electron chi connectivity index (χ4n) is 2.04. The number of rotatable bonds is 5. The molecule has 0 aliphatic carbocycles. The lowest BCUT2D eigenvalue weighted by Crippen LogP contribution is -2.26. The van der Waals surface area contributed by atoms with Gasteiger partial charge in [-0.05, 0) is 29.8 Å². The van der Waals surface area contributed by atoms with Crippen molar-refractivity contribution < 1.29 is 9.50 Å². The molecule has 0 amide bonds. The molecule has 4 heteroatoms. The van der Waals surface area contributed by atoms with Crippen molar-refractivity contribution in [1.29, 1.82) is 5.26 Å². The molecule has 0 fully saturated rings. The van der Waals surface area contributed by atoms with Crippen LogP contribution in [0, 0.1) is 17.1 Å². The van der Waals surface area contributed by atoms with Gasteiger partial charge in [0.05, 0.1) is 12.2 Å². The summed E-state index contributed by atoms with van der Waals surface area (Å²) in [7, 11) is 0. The van der Waals surface area contributed by atoms with E-state index in [1.54, 1.807) is 12.1 Å². The van der Waals surface area contributed by atoms with Crippen molar-refractivity contribution in [2.45, 2.75) is 6.54 Å². The van der Waals surface area contributed by atoms with Gasteiger partial charge in [-0.25, -0.2) is 4.39 Å². The number of hydrogen-bond donors (Lipinski definition) is 1. The van der Waals surface area contributed by atoms with Crippen LogP contribution in [0.5, 0.6) is 0 Å². The minimum absolute atomic E-state index is 0.0290. The lowest BCUT2D eigenvalue weighted by atomic mass is 10.1. The molecule has 0 atom stereocenters. The first-order valence-electron chi connectivity index (χ1n) is 6.34. The largest absolute Gasteiger partial charge is 0.395 e. The maximum atomic E-state index is 13.3. The van der Waals surface area contributed by atoms with Gasteiger partial charge in [0, 0.05) is 18.8 Å². The standard InChI is InChI=1S/C16H15FN2O/c17-16-7-6-13(10-14(16)11-18)12-19(8-9-20)15-4-2-1-3-5-15/h1-7,10,20H,8-9,12H2. The summed E-state index contributed by atoms with van der Waals surface area (Å²) in [4.78, 5) is 1.98. The Balaban J connectivity index is 2.23. The van der Waals surface area contributed by atoms with Gasteiger partial charge in [0.2, 0.25) is 0 Å². The number of anilines is 1. The van der Waals surface area contributed by atoms with Gasteiger partial charge >= 0.3 is 0 Å². The Morgan fingerprint density at radius 1 is 1.15 bits per heavy atom. The molecule has 0 radical (unpaired) electrons. The maximum Gasteiger partial charge on any atom is 0.140 e. The molecular formula is C16H15FN2O. The molecule has 20 heavy (non-hydrogen) atoms. The highest BCUT2D eigenvalue weighted by Gasteiger charge is 2.09. The highest BCUT2D eigenvalue weighted by molar-refractivity contribution is 5.47. The number of halogens is 1. The maximum absolute atomic E-state index is 13.3. The number of benzene rings is 2. The fourth-order valence-corrected chi connectivity index (χ4v) is 2.04. The van der Waals surface area contributed by atoms with E-state index < -0.39 is 5.82 Å². The molecule has 1 N–H and O–H groups in total. The SMILES string of the molecule is N#Cc1cc(CN(CCO)c2ccccc2)ccc1F. The summed E-state index contributed by atoms with van der Waals surface area (Å²) in [6.07, 6.45) is 0. The number of para-hydroxylation sites is 1. The van der Waals surface area contributed by atoms with E-state index in [1.165, 1.54) is 6.07 Å². The van der Waals surface area contributed by atoms with Crippen molar-refractivity contribution >= 4 is 5.69 Å². The highest BCUT2D eigenvalue weighted by Crippen LogP contribution is 2.18. The van der Waals surface area contributed by atoms with E-state index in [9.17, 15) is 4.39 Å². The Morgan fingerprint density at radius 3 is 2.55 bits per heavy atom. The van der Waals surface area contributed by atoms with Crippen LogP contribution in [-0.2, 0) is 6.54 Å². The van der Waals surface area contributed by atoms with Crippen molar-refractivity contribution in [3.63, 3.8) is 0 Å². The smallest absolute Gasteiger partial charge is 0.140 e. The molecule has 2 aromatic carbocycles. The Labute approximate surface area is 117 Å². The van der Waals surface area contributed by atoms with Crippen LogP contribution in [0.25, 0.3) is 0 Å². The second kappa shape index (κ2) is 6.69. The molecule has 0 spiro atoms. The molecule has 0 saturated heterocycles. The zero-order valence-corrected chi connectivity index (χ0v) is 11.0. The van der Waals surface area contributed by atoms with E-state index in [0.717, 1.165) is 11.3 Å². The van der Waals surface area contributed by atoms with Crippen LogP contribution >= 0.6 is 0 Å². The summed E-state index contributed by atoms with van der Waals surface area (Å²) in [6.45, 7) is 1.02. The molecule has 2 aromatic rings. The lowest BCUT2D eigenvalue weighted by Gasteiger charge is -2.24. The molecular weight excluding hydrogens is 255 g/mol. The summed E-state index contributed by atoms with van der Waals surface area (Å²) in [5.41, 5.74) is 1.85. The molecule has 0 bridgehead atoms. The summed E-state index contributed by atoms with van der Waals surface area (Å²) in [6, 6.07) is 16.0. The van der Waals surface area contributed by atoms with E-state index in [4.69, 9.17) is 10.4 Å². The van der Waals surface area contributed by atoms with Crippen LogP contribution in [-0.4, -0.2) is 18.3 Å². The first kappa shape index (κ1) is 14.0. The van der Waals surface area contributed by atoms with Crippen LogP contribution in [0.2, 0.25) is 0 Å². The van der Waals surface area contributed by atoms with Gasteiger partial charge in [0.25, 0.3) is 0 Å². The van der Waals surface area contributed by atoms with Gasteiger partial charge in [-0.3, -0.25) is 0 Å². The molecule has 0 saturated carbocycles. The molecule has 2 rings (SSSR count). The predicted molar refractivity (Wildman–Crippen MR) is 75.7 cm³/mol. The summed E-state index contributed by atoms with van der Waals surface area (Å²) < 4.78 is 13.3. The Bertz CT molecular complexity index is 608. The third kappa shape index (κ3) is 3.34. The summed E-state index contributed by atoms with van der Waals surface area (Å²) in [5.74, 6) is -0.510. The van der Waals surface area contributed by atoms with E-state index in [-0.39, 0.29) is 12.2 Å². The van der Waals surface area contributed by atoms with Crippen LogP contribution in [0.4, 0.5) is 10.1 Å². The molecule has 0 aliphatic rings. The first-order valence-corrected chi connectivity index (χ1v) is 6.34. The number of aliphatic hydroxyl groups is 1. The lowest BCUT2D eigenvalue weighted by molar-refractivity contribution is 0.301. The van der Waals surface area contributed by atoms with Crippen LogP contribution in [0.3, 0.4) is 0 Å². The van der Waals surface area contributed by atoms with E-state index in [1.807, 2.05) is 41.3 Å². The van der Waals surface area contributed by atoms with Crippen LogP contribution < -0.4 is 4.90 Å². The topological polar surface area (TPSA) is 47.3 Å². The number of hydrogen-bond acceptors (Lipinski definition) is 3. The number of nitrogens with zero attached hydrogens (tertiary/aromatic N) is 2. The second-order valence-corrected chi connectivity index (χ2v) is 4.41. The van der Waals surface area contributed by atoms with E-state index in [2.05, 4.69) is 0 Å². The second-order valence-electron chi connectivity index (χ2n) is 4.41. The molecule has 0 unspecified atom stereocenters. The average molecular weight is 270 g/mol. The van der Waals surface area contributed by atoms with Crippen LogP contribution in [0.1, 0.15) is 11.1 Å². The number of nitriles is 1. The molecule has 3 nitrogen and oxygen atoms in total. The molecule has 0 heterocycles. The van der Waals surface area contributed by atoms with Gasteiger partial charge in [-0.2, -0.15) is 5.26 Å². The zero-order valence-electron chi connectivity index (χ0n) is 11.0. The third-order valence-electron chi connectivity index (χ3n) is 3.02. The third-order valence-corrected chi connectivity index (χ3v) is 3.02. The van der Waals surface area contributed by atoms with E-state index >= 15 is 0 Å². The highest BCUT2D eigenvalue weighted by atomic mass is 19.1. The number of aliphatic hydroxyl groups excluding tert-OH is 1. The van der Waals surface area contributed by atoms with Crippen molar-refractivity contribution in [3.05, 3.63) is 65.5 Å². The molecule has 102 valence electrons. The van der Waals surface area contributed by atoms with Gasteiger partial charge in [0.1, 0.15) is 11.9 Å². The summed E-state index contributed by atoms with van der Waals surface area (Å²) >= 11 is 0. The minimum Gasteiger partial charge on any atom is -0.395 e. The fraction of sp³-hybridized carbons (Fsp3) is 0.188. The minimum atomic E-state index is -0.510. The zero-order chi connectivity index (χ0) is 14.4. The molecule has 0 aliphatic heterocycles. The van der Waals surface area contributed by atoms with Crippen LogP contribution in [0.15, 0.2) is 48.5 Å². The summed E-state index contributed by atoms with van der Waals surface area (Å²) in [5, 5.41) is 18.0. The van der Waals surface area contributed by atoms with Gasteiger partial charge in [-0.15, -0.1) is 0 Å². The van der Waals surface area contributed by atoms with Gasteiger partial charge in [-0.1, -0.05) is 24.3 Å². The first-order chi connectivity index (χ1) is 9.74. The van der Waals surface area contributed by atoms with E-state index in [0.29, 0.717) is 13.1 Å². The van der Waals surface area contributed by atoms with Crippen molar-refractivity contribution in [2.24, 2.45) is 0 Å². The Kier molecular flexibility index (Phi) is 4.70. The quantitative estimate of drug-likeness (QED) is 0.908. The predicted octanol–water partition coefficient (Wildman–Crippen LogP) is 2.70. The Hall–Kier alpha value is -2.38. The van der Waals surface area contributed by atoms with Gasteiger partial charge < -0.3 is 10.0 Å².